The van der Waals surface area contributed by atoms with Crippen molar-refractivity contribution >= 4 is 11.8 Å². The third kappa shape index (κ3) is 3.81. The van der Waals surface area contributed by atoms with Gasteiger partial charge in [-0.2, -0.15) is 0 Å². The summed E-state index contributed by atoms with van der Waals surface area (Å²) in [5, 5.41) is 10.2. The van der Waals surface area contributed by atoms with Crippen LogP contribution in [0.25, 0.3) is 0 Å². The van der Waals surface area contributed by atoms with E-state index in [0.717, 1.165) is 0 Å². The topological polar surface area (TPSA) is 104 Å². The van der Waals surface area contributed by atoms with Gasteiger partial charge in [0.25, 0.3) is 5.91 Å². The lowest BCUT2D eigenvalue weighted by atomic mass is 10.5. The maximum atomic E-state index is 10.3. The predicted molar refractivity (Wildman–Crippen MR) is 32.4 cm³/mol. The molecule has 2 amide bonds. The van der Waals surface area contributed by atoms with E-state index in [1.54, 1.807) is 0 Å². The molecular weight excluding hydrogens is 138 g/mol. The molecule has 0 rings (SSSR count). The van der Waals surface area contributed by atoms with Crippen molar-refractivity contribution in [3.8, 4) is 0 Å². The second-order valence-corrected chi connectivity index (χ2v) is 1.50. The van der Waals surface area contributed by atoms with Gasteiger partial charge in [0, 0.05) is 0 Å². The fourth-order valence-electron chi connectivity index (χ4n) is 0.286. The first-order valence-electron chi connectivity index (χ1n) is 2.57. The van der Waals surface area contributed by atoms with E-state index in [4.69, 9.17) is 5.11 Å². The van der Waals surface area contributed by atoms with E-state index >= 15 is 0 Å². The molecule has 10 heavy (non-hydrogen) atoms. The number of hydrogen-bond acceptors (Lipinski definition) is 4. The van der Waals surface area contributed by atoms with Crippen molar-refractivity contribution in [1.29, 1.82) is 0 Å². The third-order valence-corrected chi connectivity index (χ3v) is 0.751. The molecule has 6 heteroatoms. The number of nitrogens with two attached hydrogens (primary N) is 1. The zero-order chi connectivity index (χ0) is 7.98. The van der Waals surface area contributed by atoms with Crippen LogP contribution in [0.3, 0.4) is 0 Å². The SMILES string of the molecule is NNC(=O)CNC(=O)CO. The van der Waals surface area contributed by atoms with Crippen molar-refractivity contribution in [1.82, 2.24) is 10.7 Å². The molecule has 0 radical (unpaired) electrons. The molecule has 0 heterocycles. The van der Waals surface area contributed by atoms with Crippen LogP contribution in [-0.4, -0.2) is 30.1 Å². The summed E-state index contributed by atoms with van der Waals surface area (Å²) in [4.78, 5) is 20.5. The second kappa shape index (κ2) is 4.71. The van der Waals surface area contributed by atoms with Gasteiger partial charge in [0.15, 0.2) is 0 Å². The molecule has 0 aromatic carbocycles. The Morgan fingerprint density at radius 1 is 1.40 bits per heavy atom. The number of aliphatic hydroxyl groups is 1. The first-order chi connectivity index (χ1) is 4.70. The average Bonchev–Trinajstić information content (AvgIpc) is 1.99. The molecule has 0 bridgehead atoms. The quantitative estimate of drug-likeness (QED) is 0.195. The van der Waals surface area contributed by atoms with Crippen molar-refractivity contribution in [2.24, 2.45) is 5.84 Å². The smallest absolute Gasteiger partial charge is 0.253 e. The van der Waals surface area contributed by atoms with Crippen LogP contribution in [-0.2, 0) is 9.59 Å². The summed E-state index contributed by atoms with van der Waals surface area (Å²) in [6.07, 6.45) is 0. The molecule has 0 aliphatic heterocycles. The zero-order valence-corrected chi connectivity index (χ0v) is 5.26. The first kappa shape index (κ1) is 8.86. The zero-order valence-electron chi connectivity index (χ0n) is 5.26. The van der Waals surface area contributed by atoms with Crippen molar-refractivity contribution in [3.05, 3.63) is 0 Å². The van der Waals surface area contributed by atoms with Crippen molar-refractivity contribution in [2.45, 2.75) is 0 Å². The van der Waals surface area contributed by atoms with E-state index in [1.807, 2.05) is 5.43 Å². The minimum Gasteiger partial charge on any atom is -0.387 e. The van der Waals surface area contributed by atoms with Gasteiger partial charge in [-0.25, -0.2) is 5.84 Å². The number of hydrogen-bond donors (Lipinski definition) is 4. The lowest BCUT2D eigenvalue weighted by molar-refractivity contribution is -0.127. The summed E-state index contributed by atoms with van der Waals surface area (Å²) in [7, 11) is 0. The summed E-state index contributed by atoms with van der Waals surface area (Å²) >= 11 is 0. The number of carbonyl (C=O) groups is 2. The normalized spacial score (nSPS) is 8.60. The third-order valence-electron chi connectivity index (χ3n) is 0.751. The van der Waals surface area contributed by atoms with Crippen molar-refractivity contribution in [2.75, 3.05) is 13.2 Å². The molecule has 58 valence electrons. The maximum Gasteiger partial charge on any atom is 0.253 e. The van der Waals surface area contributed by atoms with Crippen LogP contribution in [0, 0.1) is 0 Å². The first-order valence-corrected chi connectivity index (χ1v) is 2.57. The number of aliphatic hydroxyl groups excluding tert-OH is 1. The predicted octanol–water partition coefficient (Wildman–Crippen LogP) is -2.92. The van der Waals surface area contributed by atoms with Crippen LogP contribution in [0.1, 0.15) is 0 Å². The number of rotatable bonds is 3. The lowest BCUT2D eigenvalue weighted by Gasteiger charge is -1.99. The largest absolute Gasteiger partial charge is 0.387 e. The Kier molecular flexibility index (Phi) is 4.17. The number of hydrazine groups is 1. The maximum absolute atomic E-state index is 10.3. The Morgan fingerprint density at radius 2 is 2.00 bits per heavy atom. The highest BCUT2D eigenvalue weighted by molar-refractivity contribution is 5.84. The molecule has 0 aliphatic rings. The molecule has 0 atom stereocenters. The monoisotopic (exact) mass is 147 g/mol. The van der Waals surface area contributed by atoms with E-state index in [0.29, 0.717) is 0 Å². The number of carbonyl (C=O) groups excluding carboxylic acids is 2. The van der Waals surface area contributed by atoms with Gasteiger partial charge in [-0.3, -0.25) is 15.0 Å². The Morgan fingerprint density at radius 3 is 2.40 bits per heavy atom. The molecule has 0 aromatic heterocycles. The minimum absolute atomic E-state index is 0.212. The molecule has 0 aromatic rings. The van der Waals surface area contributed by atoms with Gasteiger partial charge < -0.3 is 10.4 Å². The van der Waals surface area contributed by atoms with E-state index in [2.05, 4.69) is 11.2 Å². The molecule has 0 unspecified atom stereocenters. The fraction of sp³-hybridized carbons (Fsp3) is 0.500. The number of nitrogens with one attached hydrogen (secondary N) is 2. The van der Waals surface area contributed by atoms with Crippen LogP contribution >= 0.6 is 0 Å². The minimum atomic E-state index is -0.627. The Labute approximate surface area is 57.4 Å². The summed E-state index contributed by atoms with van der Waals surface area (Å²) in [5.41, 5.74) is 1.81. The van der Waals surface area contributed by atoms with Gasteiger partial charge in [-0.05, 0) is 0 Å². The summed E-state index contributed by atoms with van der Waals surface area (Å²) in [6, 6.07) is 0. The van der Waals surface area contributed by atoms with Crippen molar-refractivity contribution < 1.29 is 14.7 Å². The highest BCUT2D eigenvalue weighted by Gasteiger charge is 2.00. The molecule has 0 saturated carbocycles. The van der Waals surface area contributed by atoms with Gasteiger partial charge in [0.2, 0.25) is 5.91 Å². The second-order valence-electron chi connectivity index (χ2n) is 1.50. The van der Waals surface area contributed by atoms with E-state index in [-0.39, 0.29) is 6.54 Å². The molecule has 5 N–H and O–H groups in total. The van der Waals surface area contributed by atoms with Crippen LogP contribution in [0.4, 0.5) is 0 Å². The van der Waals surface area contributed by atoms with Gasteiger partial charge >= 0.3 is 0 Å². The molecular formula is C4H9N3O3. The van der Waals surface area contributed by atoms with Crippen LogP contribution in [0.2, 0.25) is 0 Å². The molecule has 0 spiro atoms. The molecule has 0 saturated heterocycles. The standard InChI is InChI=1S/C4H9N3O3/c5-7-3(9)1-6-4(10)2-8/h8H,1-2,5H2,(H,6,10)(H,7,9). The van der Waals surface area contributed by atoms with Crippen LogP contribution < -0.4 is 16.6 Å². The van der Waals surface area contributed by atoms with Gasteiger partial charge in [-0.15, -0.1) is 0 Å². The summed E-state index contributed by atoms with van der Waals surface area (Å²) < 4.78 is 0. The molecule has 6 nitrogen and oxygen atoms in total. The Hall–Kier alpha value is -1.14. The van der Waals surface area contributed by atoms with E-state index in [9.17, 15) is 9.59 Å². The van der Waals surface area contributed by atoms with E-state index < -0.39 is 18.4 Å². The van der Waals surface area contributed by atoms with Gasteiger partial charge in [0.1, 0.15) is 6.61 Å². The molecule has 0 aliphatic carbocycles. The highest BCUT2D eigenvalue weighted by Crippen LogP contribution is 1.62. The molecule has 0 fully saturated rings. The van der Waals surface area contributed by atoms with Crippen LogP contribution in [0.5, 0.6) is 0 Å². The lowest BCUT2D eigenvalue weighted by Crippen LogP contribution is -2.40. The fourth-order valence-corrected chi connectivity index (χ4v) is 0.286. The van der Waals surface area contributed by atoms with E-state index in [1.165, 1.54) is 0 Å². The van der Waals surface area contributed by atoms with Gasteiger partial charge in [-0.1, -0.05) is 0 Å². The Balaban J connectivity index is 3.35. The summed E-state index contributed by atoms with van der Waals surface area (Å²) in [6.45, 7) is -0.840. The highest BCUT2D eigenvalue weighted by atomic mass is 16.3. The van der Waals surface area contributed by atoms with Crippen molar-refractivity contribution in [3.63, 3.8) is 0 Å². The van der Waals surface area contributed by atoms with Crippen LogP contribution in [0.15, 0.2) is 0 Å². The van der Waals surface area contributed by atoms with Gasteiger partial charge in [0.05, 0.1) is 6.54 Å². The Bertz CT molecular complexity index is 120. The summed E-state index contributed by atoms with van der Waals surface area (Å²) in [5.74, 6) is 3.57. The number of amides is 2. The average molecular weight is 147 g/mol.